The summed E-state index contributed by atoms with van der Waals surface area (Å²) in [5, 5.41) is 13.2. The molecule has 2 heterocycles. The second-order valence-electron chi connectivity index (χ2n) is 3.50. The third kappa shape index (κ3) is 1.67. The third-order valence-electron chi connectivity index (χ3n) is 2.27. The van der Waals surface area contributed by atoms with Crippen molar-refractivity contribution >= 4 is 5.97 Å². The Morgan fingerprint density at radius 2 is 2.19 bits per heavy atom. The van der Waals surface area contributed by atoms with E-state index in [0.29, 0.717) is 11.4 Å². The van der Waals surface area contributed by atoms with Gasteiger partial charge in [0.05, 0.1) is 11.4 Å². The van der Waals surface area contributed by atoms with Gasteiger partial charge in [-0.1, -0.05) is 0 Å². The second kappa shape index (κ2) is 3.77. The molecule has 0 atom stereocenters. The average molecular weight is 217 g/mol. The van der Waals surface area contributed by atoms with Crippen LogP contribution in [0, 0.1) is 13.8 Å². The number of pyridine rings is 1. The van der Waals surface area contributed by atoms with Crippen molar-refractivity contribution in [1.82, 2.24) is 14.8 Å². The summed E-state index contributed by atoms with van der Waals surface area (Å²) in [6, 6.07) is 3.46. The molecule has 0 aromatic carbocycles. The molecule has 2 rings (SSSR count). The predicted molar refractivity (Wildman–Crippen MR) is 57.8 cm³/mol. The van der Waals surface area contributed by atoms with E-state index in [1.807, 2.05) is 6.92 Å². The molecule has 1 N–H and O–H groups in total. The summed E-state index contributed by atoms with van der Waals surface area (Å²) in [6.45, 7) is 3.51. The lowest BCUT2D eigenvalue weighted by Gasteiger charge is -2.09. The van der Waals surface area contributed by atoms with Crippen molar-refractivity contribution in [2.75, 3.05) is 0 Å². The Balaban J connectivity index is 2.72. The first-order valence-electron chi connectivity index (χ1n) is 4.81. The average Bonchev–Trinajstić information content (AvgIpc) is 2.67. The first kappa shape index (κ1) is 10.4. The van der Waals surface area contributed by atoms with Crippen molar-refractivity contribution in [3.05, 3.63) is 41.5 Å². The van der Waals surface area contributed by atoms with E-state index in [-0.39, 0.29) is 5.56 Å². The Hall–Kier alpha value is -2.17. The molecular weight excluding hydrogens is 206 g/mol. The molecule has 2 aromatic rings. The topological polar surface area (TPSA) is 68.0 Å². The zero-order chi connectivity index (χ0) is 11.7. The van der Waals surface area contributed by atoms with Crippen LogP contribution in [0.2, 0.25) is 0 Å². The van der Waals surface area contributed by atoms with Gasteiger partial charge < -0.3 is 5.11 Å². The summed E-state index contributed by atoms with van der Waals surface area (Å²) in [6.07, 6.45) is 3.32. The second-order valence-corrected chi connectivity index (χ2v) is 3.50. The van der Waals surface area contributed by atoms with E-state index >= 15 is 0 Å². The van der Waals surface area contributed by atoms with Gasteiger partial charge in [-0.3, -0.25) is 4.98 Å². The highest BCUT2D eigenvalue weighted by Gasteiger charge is 2.16. The van der Waals surface area contributed by atoms with Crippen LogP contribution in [0.4, 0.5) is 0 Å². The number of carbonyl (C=O) groups is 1. The summed E-state index contributed by atoms with van der Waals surface area (Å²) >= 11 is 0. The van der Waals surface area contributed by atoms with Gasteiger partial charge in [-0.05, 0) is 26.0 Å². The van der Waals surface area contributed by atoms with E-state index < -0.39 is 5.97 Å². The molecule has 82 valence electrons. The number of hydrogen-bond donors (Lipinski definition) is 1. The van der Waals surface area contributed by atoms with Crippen LogP contribution in [0.15, 0.2) is 24.5 Å². The molecule has 0 radical (unpaired) electrons. The number of aromatic nitrogens is 3. The minimum atomic E-state index is -0.990. The monoisotopic (exact) mass is 217 g/mol. The Bertz CT molecular complexity index is 532. The molecule has 5 heteroatoms. The normalized spacial score (nSPS) is 10.4. The van der Waals surface area contributed by atoms with Crippen LogP contribution in [-0.2, 0) is 0 Å². The third-order valence-corrected chi connectivity index (χ3v) is 2.27. The lowest BCUT2D eigenvalue weighted by atomic mass is 10.1. The number of nitrogens with zero attached hydrogens (tertiary/aromatic N) is 3. The van der Waals surface area contributed by atoms with Crippen LogP contribution in [0.5, 0.6) is 0 Å². The Kier molecular flexibility index (Phi) is 2.44. The summed E-state index contributed by atoms with van der Waals surface area (Å²) in [4.78, 5) is 15.3. The van der Waals surface area contributed by atoms with Crippen LogP contribution in [0.25, 0.3) is 5.69 Å². The smallest absolute Gasteiger partial charge is 0.339 e. The Labute approximate surface area is 92.4 Å². The van der Waals surface area contributed by atoms with E-state index in [1.165, 1.54) is 4.68 Å². The van der Waals surface area contributed by atoms with Gasteiger partial charge in [0.15, 0.2) is 0 Å². The highest BCUT2D eigenvalue weighted by atomic mass is 16.4. The first-order valence-corrected chi connectivity index (χ1v) is 4.81. The number of aryl methyl sites for hydroxylation is 2. The molecule has 0 amide bonds. The standard InChI is InChI=1S/C11H11N3O2/c1-7-6-9(14-5-3-4-12-14)10(11(15)16)8(2)13-7/h3-6H,1-2H3,(H,15,16). The molecule has 0 saturated carbocycles. The summed E-state index contributed by atoms with van der Waals surface area (Å²) < 4.78 is 1.53. The van der Waals surface area contributed by atoms with Gasteiger partial charge in [0.2, 0.25) is 0 Å². The summed E-state index contributed by atoms with van der Waals surface area (Å²) in [5.41, 5.74) is 2.00. The van der Waals surface area contributed by atoms with Crippen molar-refractivity contribution in [3.8, 4) is 5.69 Å². The number of carboxylic acids is 1. The molecule has 0 aliphatic rings. The molecule has 0 unspecified atom stereocenters. The van der Waals surface area contributed by atoms with Crippen molar-refractivity contribution in [2.24, 2.45) is 0 Å². The Morgan fingerprint density at radius 1 is 1.44 bits per heavy atom. The molecule has 5 nitrogen and oxygen atoms in total. The van der Waals surface area contributed by atoms with Crippen molar-refractivity contribution in [3.63, 3.8) is 0 Å². The van der Waals surface area contributed by atoms with E-state index in [1.54, 1.807) is 31.5 Å². The minimum absolute atomic E-state index is 0.189. The molecular formula is C11H11N3O2. The van der Waals surface area contributed by atoms with Gasteiger partial charge >= 0.3 is 5.97 Å². The van der Waals surface area contributed by atoms with Crippen LogP contribution < -0.4 is 0 Å². The van der Waals surface area contributed by atoms with Gasteiger partial charge in [-0.15, -0.1) is 0 Å². The fourth-order valence-corrected chi connectivity index (χ4v) is 1.66. The molecule has 0 fully saturated rings. The maximum Gasteiger partial charge on any atom is 0.339 e. The fraction of sp³-hybridized carbons (Fsp3) is 0.182. The SMILES string of the molecule is Cc1cc(-n2cccn2)c(C(=O)O)c(C)n1. The largest absolute Gasteiger partial charge is 0.478 e. The maximum atomic E-state index is 11.2. The number of aromatic carboxylic acids is 1. The number of hydrogen-bond acceptors (Lipinski definition) is 3. The van der Waals surface area contributed by atoms with Crippen LogP contribution in [-0.4, -0.2) is 25.8 Å². The quantitative estimate of drug-likeness (QED) is 0.829. The maximum absolute atomic E-state index is 11.2. The van der Waals surface area contributed by atoms with Gasteiger partial charge in [-0.2, -0.15) is 5.10 Å². The molecule has 0 spiro atoms. The first-order chi connectivity index (χ1) is 7.59. The molecule has 0 aliphatic heterocycles. The van der Waals surface area contributed by atoms with Gasteiger partial charge in [-0.25, -0.2) is 9.48 Å². The van der Waals surface area contributed by atoms with Crippen molar-refractivity contribution < 1.29 is 9.90 Å². The number of rotatable bonds is 2. The highest BCUT2D eigenvalue weighted by molar-refractivity contribution is 5.93. The Morgan fingerprint density at radius 3 is 2.75 bits per heavy atom. The molecule has 0 aliphatic carbocycles. The van der Waals surface area contributed by atoms with E-state index in [0.717, 1.165) is 5.69 Å². The molecule has 0 bridgehead atoms. The zero-order valence-corrected chi connectivity index (χ0v) is 9.01. The molecule has 0 saturated heterocycles. The van der Waals surface area contributed by atoms with Crippen LogP contribution >= 0.6 is 0 Å². The van der Waals surface area contributed by atoms with Gasteiger partial charge in [0.1, 0.15) is 5.56 Å². The summed E-state index contributed by atoms with van der Waals surface area (Å²) in [5.74, 6) is -0.990. The lowest BCUT2D eigenvalue weighted by molar-refractivity contribution is 0.0695. The van der Waals surface area contributed by atoms with Crippen LogP contribution in [0.3, 0.4) is 0 Å². The molecule has 2 aromatic heterocycles. The summed E-state index contributed by atoms with van der Waals surface area (Å²) in [7, 11) is 0. The zero-order valence-electron chi connectivity index (χ0n) is 9.01. The van der Waals surface area contributed by atoms with E-state index in [4.69, 9.17) is 5.11 Å². The van der Waals surface area contributed by atoms with Gasteiger partial charge in [0, 0.05) is 18.1 Å². The van der Waals surface area contributed by atoms with Gasteiger partial charge in [0.25, 0.3) is 0 Å². The minimum Gasteiger partial charge on any atom is -0.478 e. The van der Waals surface area contributed by atoms with Crippen LogP contribution in [0.1, 0.15) is 21.7 Å². The molecule has 16 heavy (non-hydrogen) atoms. The van der Waals surface area contributed by atoms with Crippen molar-refractivity contribution in [2.45, 2.75) is 13.8 Å². The number of carboxylic acid groups (broad SMARTS) is 1. The van der Waals surface area contributed by atoms with Crippen molar-refractivity contribution in [1.29, 1.82) is 0 Å². The highest BCUT2D eigenvalue weighted by Crippen LogP contribution is 2.17. The predicted octanol–water partition coefficient (Wildman–Crippen LogP) is 1.58. The van der Waals surface area contributed by atoms with E-state index in [2.05, 4.69) is 10.1 Å². The van der Waals surface area contributed by atoms with E-state index in [9.17, 15) is 4.79 Å². The fourth-order valence-electron chi connectivity index (χ4n) is 1.66. The lowest BCUT2D eigenvalue weighted by Crippen LogP contribution is -2.10.